The molecule has 7 heteroatoms. The van der Waals surface area contributed by atoms with Crippen LogP contribution in [-0.2, 0) is 0 Å². The Bertz CT molecular complexity index is 540. The van der Waals surface area contributed by atoms with Crippen LogP contribution in [0.1, 0.15) is 5.56 Å². The predicted octanol–water partition coefficient (Wildman–Crippen LogP) is 2.26. The van der Waals surface area contributed by atoms with E-state index in [0.717, 1.165) is 15.1 Å². The first-order valence-electron chi connectivity index (χ1n) is 4.74. The van der Waals surface area contributed by atoms with Gasteiger partial charge in [-0.15, -0.1) is 0 Å². The van der Waals surface area contributed by atoms with E-state index < -0.39 is 0 Å². The summed E-state index contributed by atoms with van der Waals surface area (Å²) in [6, 6.07) is 3.50. The highest BCUT2D eigenvalue weighted by Gasteiger charge is 2.07. The Balaban J connectivity index is 2.31. The molecule has 4 N–H and O–H groups in total. The Morgan fingerprint density at radius 3 is 2.41 bits per heavy atom. The van der Waals surface area contributed by atoms with Crippen molar-refractivity contribution in [1.29, 1.82) is 0 Å². The number of anilines is 2. The first kappa shape index (κ1) is 12.1. The fourth-order valence-electron chi connectivity index (χ4n) is 1.23. The van der Waals surface area contributed by atoms with Crippen molar-refractivity contribution in [3.05, 3.63) is 28.4 Å². The van der Waals surface area contributed by atoms with Crippen molar-refractivity contribution in [2.24, 2.45) is 0 Å². The van der Waals surface area contributed by atoms with Gasteiger partial charge in [-0.05, 0) is 46.2 Å². The summed E-state index contributed by atoms with van der Waals surface area (Å²) in [5.74, 6) is 0.713. The van der Waals surface area contributed by atoms with E-state index in [2.05, 4.69) is 30.9 Å². The first-order valence-corrected chi connectivity index (χ1v) is 6.35. The van der Waals surface area contributed by atoms with Gasteiger partial charge in [-0.1, -0.05) is 0 Å². The van der Waals surface area contributed by atoms with E-state index in [4.69, 9.17) is 11.5 Å². The van der Waals surface area contributed by atoms with Gasteiger partial charge < -0.3 is 11.5 Å². The van der Waals surface area contributed by atoms with Crippen LogP contribution in [0.15, 0.2) is 33.0 Å². The molecule has 0 saturated carbocycles. The summed E-state index contributed by atoms with van der Waals surface area (Å²) in [5.41, 5.74) is 12.2. The summed E-state index contributed by atoms with van der Waals surface area (Å²) in [6.07, 6.45) is 1.73. The number of nitrogens with two attached hydrogens (primary N) is 2. The van der Waals surface area contributed by atoms with E-state index in [1.165, 1.54) is 17.8 Å². The molecule has 0 unspecified atom stereocenters. The van der Waals surface area contributed by atoms with Crippen molar-refractivity contribution in [3.63, 3.8) is 0 Å². The molecule has 0 fully saturated rings. The van der Waals surface area contributed by atoms with Crippen LogP contribution in [0, 0.1) is 6.92 Å². The second kappa shape index (κ2) is 4.89. The third kappa shape index (κ3) is 3.07. The smallest absolute Gasteiger partial charge is 0.197 e. The van der Waals surface area contributed by atoms with E-state index >= 15 is 0 Å². The number of nitrogens with zero attached hydrogens (tertiary/aromatic N) is 3. The third-order valence-electron chi connectivity index (χ3n) is 1.93. The summed E-state index contributed by atoms with van der Waals surface area (Å²) in [5, 5.41) is 1.33. The van der Waals surface area contributed by atoms with Gasteiger partial charge in [0.1, 0.15) is 16.7 Å². The highest BCUT2D eigenvalue weighted by atomic mass is 79.9. The maximum atomic E-state index is 5.60. The second-order valence-corrected chi connectivity index (χ2v) is 5.25. The fourth-order valence-corrected chi connectivity index (χ4v) is 2.47. The summed E-state index contributed by atoms with van der Waals surface area (Å²) >= 11 is 4.70. The molecule has 88 valence electrons. The number of hydrogen-bond acceptors (Lipinski definition) is 6. The van der Waals surface area contributed by atoms with Crippen LogP contribution in [-0.4, -0.2) is 15.0 Å². The highest BCUT2D eigenvalue weighted by molar-refractivity contribution is 9.10. The van der Waals surface area contributed by atoms with E-state index in [1.807, 2.05) is 13.0 Å². The predicted molar refractivity (Wildman–Crippen MR) is 71.7 cm³/mol. The van der Waals surface area contributed by atoms with Gasteiger partial charge in [0.25, 0.3) is 0 Å². The Kier molecular flexibility index (Phi) is 3.49. The average molecular weight is 312 g/mol. The molecule has 2 aromatic heterocycles. The molecule has 0 spiro atoms. The SMILES string of the molecule is Cc1cc(Br)cnc1Sc1nc(N)cc(N)n1. The van der Waals surface area contributed by atoms with Crippen LogP contribution in [0.25, 0.3) is 0 Å². The Morgan fingerprint density at radius 2 is 1.82 bits per heavy atom. The molecule has 2 aromatic rings. The highest BCUT2D eigenvalue weighted by Crippen LogP contribution is 2.28. The maximum Gasteiger partial charge on any atom is 0.197 e. The van der Waals surface area contributed by atoms with Crippen molar-refractivity contribution in [3.8, 4) is 0 Å². The molecule has 0 bridgehead atoms. The molecule has 0 aliphatic heterocycles. The number of nitrogen functional groups attached to an aromatic ring is 2. The number of halogens is 1. The topological polar surface area (TPSA) is 90.7 Å². The lowest BCUT2D eigenvalue weighted by Gasteiger charge is -2.04. The molecular formula is C10H10BrN5S. The van der Waals surface area contributed by atoms with Gasteiger partial charge in [0.2, 0.25) is 0 Å². The van der Waals surface area contributed by atoms with Crippen molar-refractivity contribution >= 4 is 39.3 Å². The lowest BCUT2D eigenvalue weighted by molar-refractivity contribution is 0.971. The fraction of sp³-hybridized carbons (Fsp3) is 0.100. The molecule has 0 aliphatic rings. The molecule has 2 rings (SSSR count). The van der Waals surface area contributed by atoms with Crippen LogP contribution in [0.3, 0.4) is 0 Å². The van der Waals surface area contributed by atoms with Crippen LogP contribution in [0.4, 0.5) is 11.6 Å². The zero-order valence-electron chi connectivity index (χ0n) is 9.01. The minimum atomic E-state index is 0.356. The van der Waals surface area contributed by atoms with Gasteiger partial charge in [-0.25, -0.2) is 15.0 Å². The minimum Gasteiger partial charge on any atom is -0.383 e. The summed E-state index contributed by atoms with van der Waals surface area (Å²) in [4.78, 5) is 12.5. The van der Waals surface area contributed by atoms with E-state index in [9.17, 15) is 0 Å². The molecule has 17 heavy (non-hydrogen) atoms. The zero-order valence-corrected chi connectivity index (χ0v) is 11.4. The molecule has 0 radical (unpaired) electrons. The van der Waals surface area contributed by atoms with Crippen molar-refractivity contribution in [2.75, 3.05) is 11.5 Å². The summed E-state index contributed by atoms with van der Waals surface area (Å²) < 4.78 is 0.937. The van der Waals surface area contributed by atoms with Crippen LogP contribution in [0.5, 0.6) is 0 Å². The molecule has 0 amide bonds. The Labute approximate surface area is 111 Å². The Morgan fingerprint density at radius 1 is 1.18 bits per heavy atom. The van der Waals surface area contributed by atoms with Gasteiger partial charge >= 0.3 is 0 Å². The van der Waals surface area contributed by atoms with E-state index in [0.29, 0.717) is 16.8 Å². The normalized spacial score (nSPS) is 10.5. The molecule has 0 saturated heterocycles. The summed E-state index contributed by atoms with van der Waals surface area (Å²) in [6.45, 7) is 1.97. The van der Waals surface area contributed by atoms with Gasteiger partial charge in [0.05, 0.1) is 0 Å². The average Bonchev–Trinajstić information content (AvgIpc) is 2.21. The van der Waals surface area contributed by atoms with Crippen LogP contribution < -0.4 is 11.5 Å². The monoisotopic (exact) mass is 311 g/mol. The molecule has 0 aromatic carbocycles. The Hall–Kier alpha value is -1.34. The lowest BCUT2D eigenvalue weighted by Crippen LogP contribution is -1.99. The zero-order chi connectivity index (χ0) is 12.4. The molecule has 0 aliphatic carbocycles. The molecular weight excluding hydrogens is 302 g/mol. The number of rotatable bonds is 2. The first-order chi connectivity index (χ1) is 8.04. The molecule has 5 nitrogen and oxygen atoms in total. The largest absolute Gasteiger partial charge is 0.383 e. The molecule has 0 atom stereocenters. The minimum absolute atomic E-state index is 0.356. The van der Waals surface area contributed by atoms with E-state index in [1.54, 1.807) is 6.20 Å². The van der Waals surface area contributed by atoms with Gasteiger partial charge in [0.15, 0.2) is 5.16 Å². The molecule has 2 heterocycles. The van der Waals surface area contributed by atoms with Crippen LogP contribution >= 0.6 is 27.7 Å². The van der Waals surface area contributed by atoms with E-state index in [-0.39, 0.29) is 0 Å². The van der Waals surface area contributed by atoms with Gasteiger partial charge in [-0.2, -0.15) is 0 Å². The maximum absolute atomic E-state index is 5.60. The quantitative estimate of drug-likeness (QED) is 0.827. The number of aromatic nitrogens is 3. The van der Waals surface area contributed by atoms with Gasteiger partial charge in [-0.3, -0.25) is 0 Å². The summed E-state index contributed by atoms with van der Waals surface area (Å²) in [7, 11) is 0. The van der Waals surface area contributed by atoms with Crippen molar-refractivity contribution < 1.29 is 0 Å². The number of aryl methyl sites for hydroxylation is 1. The third-order valence-corrected chi connectivity index (χ3v) is 3.35. The number of pyridine rings is 1. The van der Waals surface area contributed by atoms with Gasteiger partial charge in [0, 0.05) is 16.7 Å². The van der Waals surface area contributed by atoms with Crippen molar-refractivity contribution in [1.82, 2.24) is 15.0 Å². The van der Waals surface area contributed by atoms with Crippen molar-refractivity contribution in [2.45, 2.75) is 17.1 Å². The lowest BCUT2D eigenvalue weighted by atomic mass is 10.3. The standard InChI is InChI=1S/C10H10BrN5S/c1-5-2-6(11)4-14-9(5)17-10-15-7(12)3-8(13)16-10/h2-4H,1H3,(H4,12,13,15,16). The number of hydrogen-bond donors (Lipinski definition) is 2. The van der Waals surface area contributed by atoms with Crippen LogP contribution in [0.2, 0.25) is 0 Å². The second-order valence-electron chi connectivity index (χ2n) is 3.38.